The average Bonchev–Trinajstić information content (AvgIpc) is 2.67. The van der Waals surface area contributed by atoms with Gasteiger partial charge in [-0.15, -0.1) is 11.3 Å². The molecule has 0 saturated heterocycles. The van der Waals surface area contributed by atoms with Gasteiger partial charge in [-0.3, -0.25) is 4.79 Å². The second-order valence-corrected chi connectivity index (χ2v) is 6.72. The van der Waals surface area contributed by atoms with E-state index in [9.17, 15) is 4.79 Å². The summed E-state index contributed by atoms with van der Waals surface area (Å²) in [5, 5.41) is 0.575. The summed E-state index contributed by atoms with van der Waals surface area (Å²) in [7, 11) is 0. The summed E-state index contributed by atoms with van der Waals surface area (Å²) in [5.74, 6) is 0.174. The topological polar surface area (TPSA) is 42.9 Å². The van der Waals surface area contributed by atoms with Gasteiger partial charge in [0, 0.05) is 18.0 Å². The molecular weight excluding hydrogens is 311 g/mol. The van der Waals surface area contributed by atoms with E-state index < -0.39 is 0 Å². The Hall–Kier alpha value is -0.620. The predicted octanol–water partition coefficient (Wildman–Crippen LogP) is 4.13. The second kappa shape index (κ2) is 6.02. The molecule has 18 heavy (non-hydrogen) atoms. The number of hydrogen-bond donors (Lipinski definition) is 0. The summed E-state index contributed by atoms with van der Waals surface area (Å²) in [4.78, 5) is 20.1. The van der Waals surface area contributed by atoms with Crippen LogP contribution in [0.5, 0.6) is 0 Å². The summed E-state index contributed by atoms with van der Waals surface area (Å²) >= 11 is 14.2. The first-order chi connectivity index (χ1) is 8.56. The van der Waals surface area contributed by atoms with Crippen LogP contribution in [0.3, 0.4) is 0 Å². The first kappa shape index (κ1) is 13.8. The highest BCUT2D eigenvalue weighted by Gasteiger charge is 2.14. The van der Waals surface area contributed by atoms with Crippen molar-refractivity contribution in [3.63, 3.8) is 0 Å². The maximum atomic E-state index is 11.9. The third-order valence-corrected chi connectivity index (χ3v) is 4.41. The predicted molar refractivity (Wildman–Crippen MR) is 76.2 cm³/mol. The van der Waals surface area contributed by atoms with E-state index in [-0.39, 0.29) is 11.5 Å². The minimum absolute atomic E-state index is 0.0719. The molecule has 7 heteroatoms. The standard InChI is InChI=1S/C11H8Cl2N2OS2/c1-6-3-14-11(15-4-6)17-5-8(16)7-2-9(12)18-10(7)13/h2-4H,5H2,1H3. The third-order valence-electron chi connectivity index (χ3n) is 2.05. The smallest absolute Gasteiger partial charge is 0.187 e. The van der Waals surface area contributed by atoms with Crippen molar-refractivity contribution in [1.29, 1.82) is 0 Å². The van der Waals surface area contributed by atoms with Crippen molar-refractivity contribution in [2.24, 2.45) is 0 Å². The number of carbonyl (C=O) groups excluding carboxylic acids is 1. The fraction of sp³-hybridized carbons (Fsp3) is 0.182. The molecule has 0 fully saturated rings. The van der Waals surface area contributed by atoms with Crippen molar-refractivity contribution in [2.45, 2.75) is 12.1 Å². The molecular formula is C11H8Cl2N2OS2. The number of thioether (sulfide) groups is 1. The molecule has 0 amide bonds. The normalized spacial score (nSPS) is 10.6. The lowest BCUT2D eigenvalue weighted by Gasteiger charge is -1.99. The molecule has 0 bridgehead atoms. The average molecular weight is 319 g/mol. The molecule has 0 spiro atoms. The molecule has 2 aromatic rings. The zero-order chi connectivity index (χ0) is 13.1. The number of aromatic nitrogens is 2. The molecule has 0 saturated carbocycles. The monoisotopic (exact) mass is 318 g/mol. The van der Waals surface area contributed by atoms with E-state index in [0.717, 1.165) is 5.56 Å². The van der Waals surface area contributed by atoms with E-state index in [1.165, 1.54) is 23.1 Å². The van der Waals surface area contributed by atoms with Crippen molar-refractivity contribution in [2.75, 3.05) is 5.75 Å². The number of carbonyl (C=O) groups is 1. The SMILES string of the molecule is Cc1cnc(SCC(=O)c2cc(Cl)sc2Cl)nc1. The maximum absolute atomic E-state index is 11.9. The molecule has 0 aliphatic carbocycles. The number of hydrogen-bond acceptors (Lipinski definition) is 5. The van der Waals surface area contributed by atoms with Crippen LogP contribution < -0.4 is 0 Å². The molecule has 0 atom stereocenters. The van der Waals surface area contributed by atoms with E-state index in [0.29, 0.717) is 19.4 Å². The summed E-state index contributed by atoms with van der Waals surface area (Å²) < 4.78 is 0.940. The van der Waals surface area contributed by atoms with E-state index >= 15 is 0 Å². The molecule has 0 aliphatic heterocycles. The van der Waals surface area contributed by atoms with Gasteiger partial charge in [-0.05, 0) is 18.6 Å². The molecule has 2 rings (SSSR count). The van der Waals surface area contributed by atoms with Gasteiger partial charge < -0.3 is 0 Å². The van der Waals surface area contributed by atoms with Crippen LogP contribution in [0.15, 0.2) is 23.6 Å². The quantitative estimate of drug-likeness (QED) is 0.483. The fourth-order valence-corrected chi connectivity index (χ4v) is 3.36. The number of aryl methyl sites for hydroxylation is 1. The molecule has 3 nitrogen and oxygen atoms in total. The van der Waals surface area contributed by atoms with Crippen LogP contribution in [-0.2, 0) is 0 Å². The Labute approximate surface area is 123 Å². The number of nitrogens with zero attached hydrogens (tertiary/aromatic N) is 2. The fourth-order valence-electron chi connectivity index (χ4n) is 1.19. The van der Waals surface area contributed by atoms with Gasteiger partial charge >= 0.3 is 0 Å². The highest BCUT2D eigenvalue weighted by atomic mass is 35.5. The molecule has 0 aliphatic rings. The summed E-state index contributed by atoms with van der Waals surface area (Å²) in [6.45, 7) is 1.91. The van der Waals surface area contributed by atoms with Gasteiger partial charge in [-0.2, -0.15) is 0 Å². The van der Waals surface area contributed by atoms with Crippen LogP contribution in [0, 0.1) is 6.92 Å². The Morgan fingerprint density at radius 1 is 1.39 bits per heavy atom. The summed E-state index contributed by atoms with van der Waals surface area (Å²) in [6, 6.07) is 1.59. The largest absolute Gasteiger partial charge is 0.293 e. The number of Topliss-reactive ketones (excluding diaryl/α,β-unsaturated/α-hetero) is 1. The zero-order valence-corrected chi connectivity index (χ0v) is 12.5. The summed E-state index contributed by atoms with van der Waals surface area (Å²) in [6.07, 6.45) is 3.43. The van der Waals surface area contributed by atoms with Gasteiger partial charge in [0.15, 0.2) is 10.9 Å². The molecule has 0 aromatic carbocycles. The van der Waals surface area contributed by atoms with Crippen LogP contribution in [0.25, 0.3) is 0 Å². The molecule has 2 aromatic heterocycles. The number of ketones is 1. The van der Waals surface area contributed by atoms with Gasteiger partial charge in [0.05, 0.1) is 10.1 Å². The van der Waals surface area contributed by atoms with Gasteiger partial charge in [0.1, 0.15) is 4.34 Å². The number of halogens is 2. The Morgan fingerprint density at radius 3 is 2.61 bits per heavy atom. The van der Waals surface area contributed by atoms with Crippen molar-refractivity contribution in [3.8, 4) is 0 Å². The van der Waals surface area contributed by atoms with Crippen molar-refractivity contribution in [3.05, 3.63) is 38.3 Å². The van der Waals surface area contributed by atoms with Crippen molar-refractivity contribution < 1.29 is 4.79 Å². The van der Waals surface area contributed by atoms with Crippen molar-refractivity contribution >= 4 is 52.1 Å². The highest BCUT2D eigenvalue weighted by Crippen LogP contribution is 2.32. The second-order valence-electron chi connectivity index (χ2n) is 3.49. The van der Waals surface area contributed by atoms with Crippen LogP contribution in [-0.4, -0.2) is 21.5 Å². The minimum atomic E-state index is -0.0719. The minimum Gasteiger partial charge on any atom is -0.293 e. The van der Waals surface area contributed by atoms with Gasteiger partial charge in [-0.1, -0.05) is 35.0 Å². The van der Waals surface area contributed by atoms with Crippen LogP contribution in [0.4, 0.5) is 0 Å². The van der Waals surface area contributed by atoms with E-state index in [2.05, 4.69) is 9.97 Å². The third kappa shape index (κ3) is 3.45. The molecule has 94 valence electrons. The van der Waals surface area contributed by atoms with E-state index in [1.807, 2.05) is 6.92 Å². The van der Waals surface area contributed by atoms with Crippen LogP contribution in [0.1, 0.15) is 15.9 Å². The van der Waals surface area contributed by atoms with E-state index in [1.54, 1.807) is 18.5 Å². The molecule has 0 N–H and O–H groups in total. The number of thiophene rings is 1. The molecule has 0 unspecified atom stereocenters. The van der Waals surface area contributed by atoms with Crippen LogP contribution in [0.2, 0.25) is 8.67 Å². The lowest BCUT2D eigenvalue weighted by Crippen LogP contribution is -2.02. The van der Waals surface area contributed by atoms with E-state index in [4.69, 9.17) is 23.2 Å². The Balaban J connectivity index is 2.00. The van der Waals surface area contributed by atoms with Crippen LogP contribution >= 0.6 is 46.3 Å². The zero-order valence-electron chi connectivity index (χ0n) is 9.31. The lowest BCUT2D eigenvalue weighted by atomic mass is 10.2. The number of rotatable bonds is 4. The molecule has 2 heterocycles. The Morgan fingerprint density at radius 2 is 2.06 bits per heavy atom. The van der Waals surface area contributed by atoms with Gasteiger partial charge in [-0.25, -0.2) is 9.97 Å². The van der Waals surface area contributed by atoms with Gasteiger partial charge in [0.25, 0.3) is 0 Å². The summed E-state index contributed by atoms with van der Waals surface area (Å²) in [5.41, 5.74) is 1.45. The van der Waals surface area contributed by atoms with Crippen molar-refractivity contribution in [1.82, 2.24) is 9.97 Å². The van der Waals surface area contributed by atoms with Gasteiger partial charge in [0.2, 0.25) is 0 Å². The first-order valence-electron chi connectivity index (χ1n) is 4.96. The lowest BCUT2D eigenvalue weighted by molar-refractivity contribution is 0.102. The Kier molecular flexibility index (Phi) is 4.61. The Bertz CT molecular complexity index is 569. The molecule has 0 radical (unpaired) electrons. The maximum Gasteiger partial charge on any atom is 0.187 e. The highest BCUT2D eigenvalue weighted by molar-refractivity contribution is 7.99. The first-order valence-corrected chi connectivity index (χ1v) is 7.51.